The first-order valence-corrected chi connectivity index (χ1v) is 5.56. The summed E-state index contributed by atoms with van der Waals surface area (Å²) in [6.45, 7) is 6.31. The topological polar surface area (TPSA) is 89.2 Å². The zero-order chi connectivity index (χ0) is 12.5. The minimum atomic E-state index is 0.271. The highest BCUT2D eigenvalue weighted by molar-refractivity contribution is 5.39. The van der Waals surface area contributed by atoms with Gasteiger partial charge in [-0.1, -0.05) is 13.8 Å². The molecule has 0 aromatic carbocycles. The Labute approximate surface area is 100 Å². The van der Waals surface area contributed by atoms with Crippen LogP contribution in [0.4, 0.5) is 11.9 Å². The van der Waals surface area contributed by atoms with Crippen molar-refractivity contribution in [2.75, 3.05) is 30.5 Å². The number of anilines is 2. The maximum Gasteiger partial charge on any atom is 0.322 e. The summed E-state index contributed by atoms with van der Waals surface area (Å²) >= 11 is 0. The van der Waals surface area contributed by atoms with Crippen LogP contribution in [0.2, 0.25) is 0 Å². The predicted molar refractivity (Wildman–Crippen MR) is 64.8 cm³/mol. The molecule has 3 N–H and O–H groups in total. The molecule has 1 aliphatic rings. The van der Waals surface area contributed by atoms with E-state index in [2.05, 4.69) is 39.1 Å². The highest BCUT2D eigenvalue weighted by Crippen LogP contribution is 2.31. The number of methoxy groups -OCH3 is 1. The summed E-state index contributed by atoms with van der Waals surface area (Å²) in [5.41, 5.74) is 2.71. The zero-order valence-electron chi connectivity index (χ0n) is 10.4. The number of nitrogen functional groups attached to an aromatic ring is 1. The Morgan fingerprint density at radius 1 is 1.35 bits per heavy atom. The summed E-state index contributed by atoms with van der Waals surface area (Å²) in [7, 11) is 1.52. The first kappa shape index (κ1) is 11.8. The maximum absolute atomic E-state index is 5.32. The van der Waals surface area contributed by atoms with E-state index in [1.165, 1.54) is 7.11 Å². The van der Waals surface area contributed by atoms with E-state index in [0.29, 0.717) is 11.9 Å². The molecular formula is C10H18N6O. The quantitative estimate of drug-likeness (QED) is 0.582. The van der Waals surface area contributed by atoms with Crippen molar-refractivity contribution in [2.24, 2.45) is 11.3 Å². The lowest BCUT2D eigenvalue weighted by atomic mass is 9.93. The van der Waals surface area contributed by atoms with Crippen LogP contribution < -0.4 is 20.9 Å². The second kappa shape index (κ2) is 4.33. The van der Waals surface area contributed by atoms with Crippen molar-refractivity contribution >= 4 is 11.9 Å². The van der Waals surface area contributed by atoms with Gasteiger partial charge in [0.25, 0.3) is 0 Å². The van der Waals surface area contributed by atoms with E-state index >= 15 is 0 Å². The predicted octanol–water partition coefficient (Wildman–Crippen LogP) is 0.402. The first-order valence-electron chi connectivity index (χ1n) is 5.56. The molecule has 1 fully saturated rings. The van der Waals surface area contributed by atoms with Gasteiger partial charge in [0, 0.05) is 13.1 Å². The van der Waals surface area contributed by atoms with Crippen molar-refractivity contribution in [3.63, 3.8) is 0 Å². The van der Waals surface area contributed by atoms with Gasteiger partial charge in [-0.25, -0.2) is 5.84 Å². The minimum absolute atomic E-state index is 0.271. The summed E-state index contributed by atoms with van der Waals surface area (Å²) in [6.07, 6.45) is 1.12. The Hall–Kier alpha value is -1.63. The molecule has 0 unspecified atom stereocenters. The molecule has 7 heteroatoms. The third-order valence-corrected chi connectivity index (χ3v) is 2.87. The van der Waals surface area contributed by atoms with Gasteiger partial charge in [0.1, 0.15) is 0 Å². The molecule has 0 bridgehead atoms. The van der Waals surface area contributed by atoms with Gasteiger partial charge in [-0.15, -0.1) is 0 Å². The van der Waals surface area contributed by atoms with Crippen LogP contribution in [0, 0.1) is 5.41 Å². The van der Waals surface area contributed by atoms with Crippen LogP contribution in [-0.2, 0) is 0 Å². The van der Waals surface area contributed by atoms with E-state index in [1.54, 1.807) is 0 Å². The first-order chi connectivity index (χ1) is 8.04. The van der Waals surface area contributed by atoms with Crippen LogP contribution in [-0.4, -0.2) is 35.2 Å². The van der Waals surface area contributed by atoms with Crippen LogP contribution in [0.1, 0.15) is 20.3 Å². The average molecular weight is 238 g/mol. The molecule has 2 rings (SSSR count). The number of hydrazine groups is 1. The van der Waals surface area contributed by atoms with E-state index in [4.69, 9.17) is 10.6 Å². The molecule has 2 heterocycles. The number of aromatic nitrogens is 3. The van der Waals surface area contributed by atoms with Gasteiger partial charge in [-0.2, -0.15) is 15.0 Å². The summed E-state index contributed by atoms with van der Waals surface area (Å²) in [5, 5.41) is 0. The zero-order valence-corrected chi connectivity index (χ0v) is 10.4. The molecule has 0 spiro atoms. The van der Waals surface area contributed by atoms with Crippen molar-refractivity contribution in [2.45, 2.75) is 20.3 Å². The Balaban J connectivity index is 2.26. The lowest BCUT2D eigenvalue weighted by Gasteiger charge is -2.20. The summed E-state index contributed by atoms with van der Waals surface area (Å²) < 4.78 is 5.02. The second-order valence-electron chi connectivity index (χ2n) is 4.93. The van der Waals surface area contributed by atoms with Crippen LogP contribution in [0.25, 0.3) is 0 Å². The molecule has 7 nitrogen and oxygen atoms in total. The molecule has 0 radical (unpaired) electrons. The fraction of sp³-hybridized carbons (Fsp3) is 0.700. The van der Waals surface area contributed by atoms with Crippen LogP contribution in [0.3, 0.4) is 0 Å². The Morgan fingerprint density at radius 3 is 2.65 bits per heavy atom. The largest absolute Gasteiger partial charge is 0.467 e. The third-order valence-electron chi connectivity index (χ3n) is 2.87. The number of nitrogens with zero attached hydrogens (tertiary/aromatic N) is 4. The van der Waals surface area contributed by atoms with E-state index in [1.807, 2.05) is 0 Å². The lowest BCUT2D eigenvalue weighted by Crippen LogP contribution is -2.25. The second-order valence-corrected chi connectivity index (χ2v) is 4.93. The van der Waals surface area contributed by atoms with Gasteiger partial charge < -0.3 is 9.64 Å². The van der Waals surface area contributed by atoms with Crippen LogP contribution in [0.5, 0.6) is 6.01 Å². The fourth-order valence-corrected chi connectivity index (χ4v) is 1.93. The monoisotopic (exact) mass is 238 g/mol. The highest BCUT2D eigenvalue weighted by Gasteiger charge is 2.31. The van der Waals surface area contributed by atoms with Gasteiger partial charge in [0.15, 0.2) is 0 Å². The van der Waals surface area contributed by atoms with Gasteiger partial charge in [0.2, 0.25) is 11.9 Å². The van der Waals surface area contributed by atoms with Gasteiger partial charge in [0.05, 0.1) is 7.11 Å². The van der Waals surface area contributed by atoms with E-state index < -0.39 is 0 Å². The van der Waals surface area contributed by atoms with E-state index in [9.17, 15) is 0 Å². The highest BCUT2D eigenvalue weighted by atomic mass is 16.5. The SMILES string of the molecule is COc1nc(NN)nc(N2CCC(C)(C)C2)n1. The average Bonchev–Trinajstić information content (AvgIpc) is 2.69. The molecule has 17 heavy (non-hydrogen) atoms. The smallest absolute Gasteiger partial charge is 0.322 e. The molecular weight excluding hydrogens is 220 g/mol. The summed E-state index contributed by atoms with van der Waals surface area (Å²) in [5.74, 6) is 6.24. The van der Waals surface area contributed by atoms with E-state index in [-0.39, 0.29) is 11.4 Å². The molecule has 94 valence electrons. The van der Waals surface area contributed by atoms with Crippen molar-refractivity contribution in [1.29, 1.82) is 0 Å². The number of rotatable bonds is 3. The van der Waals surface area contributed by atoms with Crippen LogP contribution in [0.15, 0.2) is 0 Å². The Morgan fingerprint density at radius 2 is 2.12 bits per heavy atom. The molecule has 0 aliphatic carbocycles. The Kier molecular flexibility index (Phi) is 3.01. The third kappa shape index (κ3) is 2.55. The Bertz CT molecular complexity index is 386. The fourth-order valence-electron chi connectivity index (χ4n) is 1.93. The normalized spacial score (nSPS) is 18.2. The van der Waals surface area contributed by atoms with Crippen molar-refractivity contribution < 1.29 is 4.74 Å². The molecule has 0 saturated carbocycles. The van der Waals surface area contributed by atoms with Crippen molar-refractivity contribution in [1.82, 2.24) is 15.0 Å². The van der Waals surface area contributed by atoms with Crippen LogP contribution >= 0.6 is 0 Å². The molecule has 0 atom stereocenters. The summed E-state index contributed by atoms with van der Waals surface area (Å²) in [6, 6.07) is 0.271. The number of ether oxygens (including phenoxy) is 1. The number of nitrogens with two attached hydrogens (primary N) is 1. The molecule has 0 amide bonds. The van der Waals surface area contributed by atoms with Gasteiger partial charge in [-0.3, -0.25) is 5.43 Å². The van der Waals surface area contributed by atoms with E-state index in [0.717, 1.165) is 19.5 Å². The minimum Gasteiger partial charge on any atom is -0.467 e. The summed E-state index contributed by atoms with van der Waals surface area (Å²) in [4.78, 5) is 14.6. The molecule has 1 saturated heterocycles. The maximum atomic E-state index is 5.32. The standard InChI is InChI=1S/C10H18N6O/c1-10(2)4-5-16(6-10)8-12-7(15-11)13-9(14-8)17-3/h4-6,11H2,1-3H3,(H,12,13,14,15). The molecule has 1 aromatic rings. The van der Waals surface area contributed by atoms with Gasteiger partial charge in [-0.05, 0) is 11.8 Å². The number of nitrogens with one attached hydrogen (secondary N) is 1. The number of hydrogen-bond acceptors (Lipinski definition) is 7. The molecule has 1 aliphatic heterocycles. The molecule has 1 aromatic heterocycles. The lowest BCUT2D eigenvalue weighted by molar-refractivity contribution is 0.378. The number of hydrogen-bond donors (Lipinski definition) is 2. The van der Waals surface area contributed by atoms with Crippen molar-refractivity contribution in [3.05, 3.63) is 0 Å². The van der Waals surface area contributed by atoms with Gasteiger partial charge >= 0.3 is 6.01 Å². The van der Waals surface area contributed by atoms with Crippen molar-refractivity contribution in [3.8, 4) is 6.01 Å².